The summed E-state index contributed by atoms with van der Waals surface area (Å²) in [4.78, 5) is 43.6. The van der Waals surface area contributed by atoms with Crippen molar-refractivity contribution in [1.29, 1.82) is 5.26 Å². The molecule has 0 bridgehead atoms. The number of hydrogen-bond acceptors (Lipinski definition) is 11. The molecule has 0 saturated heterocycles. The minimum Gasteiger partial charge on any atom is -0.509 e. The van der Waals surface area contributed by atoms with Gasteiger partial charge in [0.25, 0.3) is 5.91 Å². The molecule has 0 heterocycles. The van der Waals surface area contributed by atoms with Crippen LogP contribution in [0.5, 0.6) is 5.75 Å². The molecule has 0 unspecified atom stereocenters. The summed E-state index contributed by atoms with van der Waals surface area (Å²) in [6.07, 6.45) is 5.31. The zero-order valence-electron chi connectivity index (χ0n) is 25.1. The normalized spacial score (nSPS) is 29.6. The molecule has 1 saturated carbocycles. The third-order valence-electron chi connectivity index (χ3n) is 9.36. The van der Waals surface area contributed by atoms with Crippen LogP contribution in [-0.4, -0.2) is 83.0 Å². The summed E-state index contributed by atoms with van der Waals surface area (Å²) in [5, 5.41) is 45.2. The lowest BCUT2D eigenvalue weighted by Gasteiger charge is -2.58. The van der Waals surface area contributed by atoms with E-state index in [0.717, 1.165) is 31.3 Å². The van der Waals surface area contributed by atoms with Gasteiger partial charge in [0.15, 0.2) is 17.0 Å². The largest absolute Gasteiger partial charge is 0.509 e. The third kappa shape index (κ3) is 3.99. The Hall–Kier alpha value is -4.62. The number of allylic oxidation sites excluding steroid dienone is 2. The molecule has 1 aromatic carbocycles. The zero-order valence-corrected chi connectivity index (χ0v) is 25.1. The lowest BCUT2D eigenvalue weighted by molar-refractivity contribution is -0.139. The second kappa shape index (κ2) is 10.2. The molecule has 230 valence electrons. The molecule has 0 radical (unpaired) electrons. The van der Waals surface area contributed by atoms with E-state index in [1.54, 1.807) is 31.1 Å². The number of aliphatic hydroxyl groups excluding tert-OH is 2. The second-order valence-corrected chi connectivity index (χ2v) is 12.5. The average molecular weight is 601 g/mol. The maximum absolute atomic E-state index is 14.6. The summed E-state index contributed by atoms with van der Waals surface area (Å²) in [6.45, 7) is 0. The van der Waals surface area contributed by atoms with E-state index < -0.39 is 69.1 Å². The number of Topliss-reactive ketones (excluding diaryl/α,β-unsaturated/α-hetero) is 2. The van der Waals surface area contributed by atoms with E-state index >= 15 is 0 Å². The molecular weight excluding hydrogens is 564 g/mol. The van der Waals surface area contributed by atoms with Crippen LogP contribution in [0.15, 0.2) is 34.6 Å². The zero-order chi connectivity index (χ0) is 32.5. The molecule has 44 heavy (non-hydrogen) atoms. The fourth-order valence-electron chi connectivity index (χ4n) is 7.47. The number of rotatable bonds is 3. The Kier molecular flexibility index (Phi) is 7.17. The Bertz CT molecular complexity index is 1740. The van der Waals surface area contributed by atoms with Gasteiger partial charge in [0.1, 0.15) is 22.8 Å². The maximum atomic E-state index is 14.6. The Balaban J connectivity index is 1.82. The number of amides is 1. The number of nitrogens with zero attached hydrogens (tertiary/aromatic N) is 3. The number of likely N-dealkylation sites (N-methyl/N-ethyl adjacent to an activating group) is 1. The van der Waals surface area contributed by atoms with E-state index in [1.807, 2.05) is 0 Å². The van der Waals surface area contributed by atoms with Gasteiger partial charge in [0.05, 0.1) is 39.9 Å². The molecule has 4 aliphatic rings. The molecule has 1 fully saturated rings. The summed E-state index contributed by atoms with van der Waals surface area (Å²) < 4.78 is 0. The molecule has 0 aliphatic heterocycles. The highest BCUT2D eigenvalue weighted by Crippen LogP contribution is 2.59. The minimum absolute atomic E-state index is 0.0881. The number of aliphatic hydroxyl groups is 2. The number of phenols is 1. The van der Waals surface area contributed by atoms with Crippen molar-refractivity contribution in [2.75, 3.05) is 33.1 Å². The lowest BCUT2D eigenvalue weighted by atomic mass is 9.47. The molecule has 1 amide bonds. The van der Waals surface area contributed by atoms with Crippen LogP contribution in [0, 0.1) is 28.6 Å². The lowest BCUT2D eigenvalue weighted by Crippen LogP contribution is -2.80. The second-order valence-electron chi connectivity index (χ2n) is 12.5. The summed E-state index contributed by atoms with van der Waals surface area (Å²) >= 11 is 0. The predicted octanol–water partition coefficient (Wildman–Crippen LogP) is 0.823. The Morgan fingerprint density at radius 1 is 1.09 bits per heavy atom. The van der Waals surface area contributed by atoms with Gasteiger partial charge in [-0.25, -0.2) is 0 Å². The van der Waals surface area contributed by atoms with Crippen molar-refractivity contribution < 1.29 is 29.7 Å². The van der Waals surface area contributed by atoms with E-state index in [-0.39, 0.29) is 23.3 Å². The molecular formula is C32H36N6O6. The van der Waals surface area contributed by atoms with Gasteiger partial charge >= 0.3 is 0 Å². The fraction of sp³-hybridized carbons (Fsp3) is 0.438. The number of primary amides is 1. The van der Waals surface area contributed by atoms with E-state index in [1.165, 1.54) is 19.0 Å². The maximum Gasteiger partial charge on any atom is 0.255 e. The summed E-state index contributed by atoms with van der Waals surface area (Å²) in [5.74, 6) is 0.339. The highest BCUT2D eigenvalue weighted by atomic mass is 16.3. The number of nitrogens with two attached hydrogens (primary N) is 3. The minimum atomic E-state index is -2.71. The van der Waals surface area contributed by atoms with Gasteiger partial charge in [-0.05, 0) is 69.8 Å². The molecule has 5 rings (SSSR count). The van der Waals surface area contributed by atoms with Crippen molar-refractivity contribution in [3.8, 4) is 23.7 Å². The first-order chi connectivity index (χ1) is 20.6. The van der Waals surface area contributed by atoms with E-state index in [9.17, 15) is 35.0 Å². The Morgan fingerprint density at radius 3 is 2.32 bits per heavy atom. The van der Waals surface area contributed by atoms with Crippen LogP contribution < -0.4 is 22.1 Å². The van der Waals surface area contributed by atoms with Crippen LogP contribution in [0.1, 0.15) is 48.8 Å². The van der Waals surface area contributed by atoms with E-state index in [0.29, 0.717) is 11.3 Å². The quantitative estimate of drug-likeness (QED) is 0.211. The monoisotopic (exact) mass is 600 g/mol. The number of ketones is 2. The van der Waals surface area contributed by atoms with Crippen molar-refractivity contribution in [2.24, 2.45) is 22.6 Å². The van der Waals surface area contributed by atoms with Crippen LogP contribution in [0.25, 0.3) is 5.76 Å². The standard InChI is InChI=1S/C32H36N6O6/c1-37(2)19-12-17(11-10-16-8-6-5-7-9-16)23(39)20-18(19)13-30(35)14-32(36)26(38(3)4)25(41)21(29(34)44)27(42)31(32,15-33)28(43)22(30)24(20)40/h8,12,26,39-40,42H,5-7,9,13-14,35-36H2,1-4H3,(H2,34,44)/t26-,30-,31+,32-/m1/s1. The topological polar surface area (TPSA) is 220 Å². The van der Waals surface area contributed by atoms with Crippen molar-refractivity contribution in [1.82, 2.24) is 4.90 Å². The van der Waals surface area contributed by atoms with E-state index in [4.69, 9.17) is 17.2 Å². The number of phenolic OH excluding ortho intramolecular Hbond substituents is 1. The molecule has 1 aromatic rings. The number of nitriles is 1. The SMILES string of the molecule is CN(C)c1cc(C#CC2=CCCCC2)c(O)c2c1C[C@@]1(N)C[C@@]3(N)[C@H](N(C)C)C(=O)C(C(N)=O)=C(O)[C@@]3(C#N)C(=O)C1=C2O. The predicted molar refractivity (Wildman–Crippen MR) is 162 cm³/mol. The third-order valence-corrected chi connectivity index (χ3v) is 9.36. The van der Waals surface area contributed by atoms with Crippen molar-refractivity contribution in [2.45, 2.75) is 55.6 Å². The number of aromatic hydroxyl groups is 1. The summed E-state index contributed by atoms with van der Waals surface area (Å²) in [6, 6.07) is 1.99. The van der Waals surface area contributed by atoms with Crippen LogP contribution in [0.3, 0.4) is 0 Å². The average Bonchev–Trinajstić information content (AvgIpc) is 2.92. The first-order valence-electron chi connectivity index (χ1n) is 14.3. The first-order valence-corrected chi connectivity index (χ1v) is 14.3. The Labute approximate surface area is 255 Å². The van der Waals surface area contributed by atoms with Crippen molar-refractivity contribution in [3.05, 3.63) is 51.3 Å². The first kappa shape index (κ1) is 30.8. The summed E-state index contributed by atoms with van der Waals surface area (Å²) in [5.41, 5.74) is 13.3. The number of benzene rings is 1. The molecule has 12 heteroatoms. The van der Waals surface area contributed by atoms with Gasteiger partial charge < -0.3 is 37.4 Å². The smallest absolute Gasteiger partial charge is 0.255 e. The molecule has 4 atom stereocenters. The van der Waals surface area contributed by atoms with Crippen molar-refractivity contribution in [3.63, 3.8) is 0 Å². The van der Waals surface area contributed by atoms with Crippen LogP contribution in [-0.2, 0) is 20.8 Å². The van der Waals surface area contributed by atoms with Gasteiger partial charge in [-0.1, -0.05) is 17.9 Å². The summed E-state index contributed by atoms with van der Waals surface area (Å²) in [7, 11) is 6.47. The molecule has 9 N–H and O–H groups in total. The van der Waals surface area contributed by atoms with Crippen molar-refractivity contribution >= 4 is 28.9 Å². The number of hydrogen-bond donors (Lipinski definition) is 6. The van der Waals surface area contributed by atoms with E-state index in [2.05, 4.69) is 17.9 Å². The Morgan fingerprint density at radius 2 is 1.77 bits per heavy atom. The fourth-order valence-corrected chi connectivity index (χ4v) is 7.47. The van der Waals surface area contributed by atoms with Gasteiger partial charge in [0, 0.05) is 19.8 Å². The number of carbonyl (C=O) groups is 3. The highest BCUT2D eigenvalue weighted by Gasteiger charge is 2.74. The van der Waals surface area contributed by atoms with Gasteiger partial charge in [0.2, 0.25) is 0 Å². The molecule has 0 aromatic heterocycles. The van der Waals surface area contributed by atoms with Crippen LogP contribution >= 0.6 is 0 Å². The van der Waals surface area contributed by atoms with Gasteiger partial charge in [-0.2, -0.15) is 5.26 Å². The molecule has 0 spiro atoms. The highest BCUT2D eigenvalue weighted by molar-refractivity contribution is 6.25. The van der Waals surface area contributed by atoms with Gasteiger partial charge in [-0.3, -0.25) is 19.3 Å². The van der Waals surface area contributed by atoms with Crippen LogP contribution in [0.4, 0.5) is 5.69 Å². The molecule has 12 nitrogen and oxygen atoms in total. The number of anilines is 1. The number of fused-ring (bicyclic) bond motifs is 3. The van der Waals surface area contributed by atoms with Crippen LogP contribution in [0.2, 0.25) is 0 Å². The number of carbonyl (C=O) groups excluding carboxylic acids is 3. The van der Waals surface area contributed by atoms with Gasteiger partial charge in [-0.15, -0.1) is 0 Å². The molecule has 4 aliphatic carbocycles.